The average molecular weight is 180 g/mol. The third-order valence-electron chi connectivity index (χ3n) is 2.48. The Morgan fingerprint density at radius 1 is 1.38 bits per heavy atom. The van der Waals surface area contributed by atoms with E-state index in [4.69, 9.17) is 0 Å². The molecule has 0 aromatic heterocycles. The standard InChI is InChI=1S/C9H16N4/c1-12-5-2-11-8-9(12)13-6-3-10-4-7-13/h2,8,10H,3-7H2,1H3. The summed E-state index contributed by atoms with van der Waals surface area (Å²) < 4.78 is 0. The smallest absolute Gasteiger partial charge is 0.123 e. The number of nitrogens with one attached hydrogen (secondary N) is 1. The maximum Gasteiger partial charge on any atom is 0.123 e. The number of piperazine rings is 1. The summed E-state index contributed by atoms with van der Waals surface area (Å²) in [4.78, 5) is 8.81. The van der Waals surface area contributed by atoms with E-state index in [0.29, 0.717) is 0 Å². The van der Waals surface area contributed by atoms with Crippen LogP contribution >= 0.6 is 0 Å². The van der Waals surface area contributed by atoms with Crippen LogP contribution in [0.5, 0.6) is 0 Å². The van der Waals surface area contributed by atoms with Gasteiger partial charge in [0, 0.05) is 39.4 Å². The molecule has 0 amide bonds. The lowest BCUT2D eigenvalue weighted by Gasteiger charge is -2.36. The van der Waals surface area contributed by atoms with Gasteiger partial charge in [0.25, 0.3) is 0 Å². The molecule has 1 N–H and O–H groups in total. The average Bonchev–Trinajstić information content (AvgIpc) is 2.20. The van der Waals surface area contributed by atoms with Crippen molar-refractivity contribution in [2.75, 3.05) is 39.8 Å². The molecule has 2 aliphatic rings. The summed E-state index contributed by atoms with van der Waals surface area (Å²) in [6, 6.07) is 0. The van der Waals surface area contributed by atoms with Gasteiger partial charge in [0.05, 0.1) is 12.7 Å². The first-order valence-corrected chi connectivity index (χ1v) is 4.76. The van der Waals surface area contributed by atoms with E-state index in [0.717, 1.165) is 32.7 Å². The first-order chi connectivity index (χ1) is 6.38. The fourth-order valence-corrected chi connectivity index (χ4v) is 1.70. The van der Waals surface area contributed by atoms with Gasteiger partial charge in [-0.3, -0.25) is 4.99 Å². The molecule has 1 fully saturated rings. The largest absolute Gasteiger partial charge is 0.355 e. The number of rotatable bonds is 1. The maximum atomic E-state index is 4.19. The predicted octanol–water partition coefficient (Wildman–Crippen LogP) is -0.293. The van der Waals surface area contributed by atoms with Gasteiger partial charge in [0.1, 0.15) is 5.82 Å². The van der Waals surface area contributed by atoms with Crippen LogP contribution in [0.2, 0.25) is 0 Å². The monoisotopic (exact) mass is 180 g/mol. The highest BCUT2D eigenvalue weighted by Crippen LogP contribution is 2.11. The summed E-state index contributed by atoms with van der Waals surface area (Å²) in [5.74, 6) is 1.25. The minimum Gasteiger partial charge on any atom is -0.355 e. The van der Waals surface area contributed by atoms with Crippen molar-refractivity contribution in [1.82, 2.24) is 15.1 Å². The first-order valence-electron chi connectivity index (χ1n) is 4.76. The van der Waals surface area contributed by atoms with Gasteiger partial charge in [-0.15, -0.1) is 0 Å². The molecule has 2 aliphatic heterocycles. The highest BCUT2D eigenvalue weighted by Gasteiger charge is 2.16. The molecule has 4 nitrogen and oxygen atoms in total. The van der Waals surface area contributed by atoms with Crippen molar-refractivity contribution < 1.29 is 0 Å². The maximum absolute atomic E-state index is 4.19. The Kier molecular flexibility index (Phi) is 2.49. The lowest BCUT2D eigenvalue weighted by Crippen LogP contribution is -2.46. The number of hydrogen-bond donors (Lipinski definition) is 1. The summed E-state index contributed by atoms with van der Waals surface area (Å²) in [5.41, 5.74) is 0. The van der Waals surface area contributed by atoms with Gasteiger partial charge < -0.3 is 15.1 Å². The molecule has 0 spiro atoms. The Morgan fingerprint density at radius 2 is 2.15 bits per heavy atom. The van der Waals surface area contributed by atoms with Gasteiger partial charge in [0.15, 0.2) is 0 Å². The number of aliphatic imine (C=N–C) groups is 1. The second kappa shape index (κ2) is 3.79. The Labute approximate surface area is 78.9 Å². The van der Waals surface area contributed by atoms with E-state index >= 15 is 0 Å². The van der Waals surface area contributed by atoms with Crippen molar-refractivity contribution in [3.8, 4) is 0 Å². The van der Waals surface area contributed by atoms with Crippen molar-refractivity contribution in [3.63, 3.8) is 0 Å². The fraction of sp³-hybridized carbons (Fsp3) is 0.667. The zero-order valence-electron chi connectivity index (χ0n) is 8.03. The molecule has 0 radical (unpaired) electrons. The third kappa shape index (κ3) is 1.83. The highest BCUT2D eigenvalue weighted by molar-refractivity contribution is 5.62. The normalized spacial score (nSPS) is 23.3. The molecule has 4 heteroatoms. The van der Waals surface area contributed by atoms with E-state index in [9.17, 15) is 0 Å². The molecule has 0 unspecified atom stereocenters. The molecule has 13 heavy (non-hydrogen) atoms. The van der Waals surface area contributed by atoms with Crippen LogP contribution in [-0.2, 0) is 0 Å². The third-order valence-corrected chi connectivity index (χ3v) is 2.48. The zero-order valence-corrected chi connectivity index (χ0v) is 8.03. The van der Waals surface area contributed by atoms with Crippen LogP contribution in [0.25, 0.3) is 0 Å². The summed E-state index contributed by atoms with van der Waals surface area (Å²) in [7, 11) is 2.11. The summed E-state index contributed by atoms with van der Waals surface area (Å²) in [6.45, 7) is 5.26. The van der Waals surface area contributed by atoms with Crippen molar-refractivity contribution in [3.05, 3.63) is 12.0 Å². The molecule has 0 bridgehead atoms. The molecule has 2 heterocycles. The fourth-order valence-electron chi connectivity index (χ4n) is 1.70. The molecule has 2 rings (SSSR count). The molecule has 0 aromatic rings. The van der Waals surface area contributed by atoms with Crippen molar-refractivity contribution >= 4 is 6.21 Å². The summed E-state index contributed by atoms with van der Waals surface area (Å²) in [6.07, 6.45) is 3.89. The lowest BCUT2D eigenvalue weighted by molar-refractivity contribution is 0.223. The summed E-state index contributed by atoms with van der Waals surface area (Å²) >= 11 is 0. The quantitative estimate of drug-likeness (QED) is 0.601. The highest BCUT2D eigenvalue weighted by atomic mass is 15.3. The number of nitrogens with zero attached hydrogens (tertiary/aromatic N) is 3. The Hall–Kier alpha value is -1.03. The van der Waals surface area contributed by atoms with Gasteiger partial charge in [-0.25, -0.2) is 0 Å². The molecule has 0 aliphatic carbocycles. The second-order valence-electron chi connectivity index (χ2n) is 3.44. The van der Waals surface area contributed by atoms with E-state index < -0.39 is 0 Å². The molecule has 1 saturated heterocycles. The van der Waals surface area contributed by atoms with Crippen LogP contribution in [0.1, 0.15) is 0 Å². The lowest BCUT2D eigenvalue weighted by atomic mass is 10.3. The number of hydrogen-bond acceptors (Lipinski definition) is 4. The van der Waals surface area contributed by atoms with Crippen LogP contribution in [0.3, 0.4) is 0 Å². The van der Waals surface area contributed by atoms with E-state index in [1.54, 1.807) is 0 Å². The summed E-state index contributed by atoms with van der Waals surface area (Å²) in [5, 5.41) is 3.34. The topological polar surface area (TPSA) is 30.9 Å². The molecular weight excluding hydrogens is 164 g/mol. The van der Waals surface area contributed by atoms with Crippen molar-refractivity contribution in [1.29, 1.82) is 0 Å². The Bertz CT molecular complexity index is 228. The van der Waals surface area contributed by atoms with Crippen LogP contribution in [-0.4, -0.2) is 55.8 Å². The van der Waals surface area contributed by atoms with Gasteiger partial charge in [-0.1, -0.05) is 0 Å². The molecule has 0 atom stereocenters. The van der Waals surface area contributed by atoms with Crippen LogP contribution in [0, 0.1) is 0 Å². The SMILES string of the molecule is CN1CC=NC=C1N1CCNCC1. The molecule has 0 saturated carbocycles. The van der Waals surface area contributed by atoms with Crippen molar-refractivity contribution in [2.24, 2.45) is 4.99 Å². The molecule has 0 aromatic carbocycles. The second-order valence-corrected chi connectivity index (χ2v) is 3.44. The predicted molar refractivity (Wildman–Crippen MR) is 53.6 cm³/mol. The van der Waals surface area contributed by atoms with Gasteiger partial charge >= 0.3 is 0 Å². The minimum absolute atomic E-state index is 0.926. The van der Waals surface area contributed by atoms with Gasteiger partial charge in [0.2, 0.25) is 0 Å². The van der Waals surface area contributed by atoms with Crippen LogP contribution in [0.15, 0.2) is 17.0 Å². The molecule has 72 valence electrons. The Morgan fingerprint density at radius 3 is 2.85 bits per heavy atom. The first kappa shape index (κ1) is 8.56. The van der Waals surface area contributed by atoms with E-state index in [2.05, 4.69) is 27.2 Å². The van der Waals surface area contributed by atoms with E-state index in [-0.39, 0.29) is 0 Å². The van der Waals surface area contributed by atoms with E-state index in [1.807, 2.05) is 12.4 Å². The van der Waals surface area contributed by atoms with Gasteiger partial charge in [-0.2, -0.15) is 0 Å². The Balaban J connectivity index is 2.04. The van der Waals surface area contributed by atoms with Crippen LogP contribution in [0.4, 0.5) is 0 Å². The minimum atomic E-state index is 0.926. The van der Waals surface area contributed by atoms with Gasteiger partial charge in [-0.05, 0) is 0 Å². The van der Waals surface area contributed by atoms with Crippen molar-refractivity contribution in [2.45, 2.75) is 0 Å². The van der Waals surface area contributed by atoms with Crippen LogP contribution < -0.4 is 5.32 Å². The van der Waals surface area contributed by atoms with E-state index in [1.165, 1.54) is 5.82 Å². The molecular formula is C9H16N4. The zero-order chi connectivity index (χ0) is 9.10.